The molecule has 0 aliphatic heterocycles. The first-order valence-electron chi connectivity index (χ1n) is 3.07. The monoisotopic (exact) mass is 248 g/mol. The van der Waals surface area contributed by atoms with Gasteiger partial charge in [0.25, 0.3) is 0 Å². The van der Waals surface area contributed by atoms with E-state index in [1.165, 1.54) is 0 Å². The van der Waals surface area contributed by atoms with E-state index in [4.69, 9.17) is 0 Å². The molecule has 0 aromatic heterocycles. The third kappa shape index (κ3) is 1.26. The second-order valence-corrected chi connectivity index (χ2v) is 3.50. The van der Waals surface area contributed by atoms with E-state index in [-0.39, 0.29) is 0 Å². The van der Waals surface area contributed by atoms with Crippen molar-refractivity contribution in [2.24, 2.45) is 0 Å². The smallest absolute Gasteiger partial charge is 0.132 e. The molecule has 0 unspecified atom stereocenters. The van der Waals surface area contributed by atoms with Crippen molar-refractivity contribution in [3.8, 4) is 5.75 Å². The topological polar surface area (TPSA) is 20.2 Å². The number of aromatic hydroxyl groups is 1. The van der Waals surface area contributed by atoms with E-state index in [2.05, 4.69) is 22.6 Å². The van der Waals surface area contributed by atoms with Crippen LogP contribution in [0.15, 0.2) is 12.1 Å². The fourth-order valence-electron chi connectivity index (χ4n) is 0.768. The van der Waals surface area contributed by atoms with Gasteiger partial charge in [0.05, 0.1) is 3.57 Å². The van der Waals surface area contributed by atoms with Crippen molar-refractivity contribution < 1.29 is 5.11 Å². The van der Waals surface area contributed by atoms with E-state index >= 15 is 0 Å². The van der Waals surface area contributed by atoms with Crippen LogP contribution in [0.5, 0.6) is 5.75 Å². The number of phenols is 1. The largest absolute Gasteiger partial charge is 0.507 e. The number of halogens is 1. The maximum absolute atomic E-state index is 9.38. The third-order valence-electron chi connectivity index (χ3n) is 1.65. The maximum Gasteiger partial charge on any atom is 0.132 e. The average Bonchev–Trinajstić information content (AvgIpc) is 1.93. The van der Waals surface area contributed by atoms with Crippen LogP contribution in [0, 0.1) is 17.4 Å². The van der Waals surface area contributed by atoms with Gasteiger partial charge in [-0.2, -0.15) is 0 Å². The van der Waals surface area contributed by atoms with Gasteiger partial charge in [-0.1, -0.05) is 6.07 Å². The molecular formula is C8H9IO. The quantitative estimate of drug-likeness (QED) is 0.699. The van der Waals surface area contributed by atoms with E-state index < -0.39 is 0 Å². The van der Waals surface area contributed by atoms with E-state index in [1.807, 2.05) is 26.0 Å². The van der Waals surface area contributed by atoms with E-state index in [0.717, 1.165) is 14.7 Å². The number of rotatable bonds is 0. The van der Waals surface area contributed by atoms with Crippen molar-refractivity contribution in [3.05, 3.63) is 26.8 Å². The van der Waals surface area contributed by atoms with Crippen LogP contribution in [0.25, 0.3) is 0 Å². The molecule has 0 spiro atoms. The highest BCUT2D eigenvalue weighted by Gasteiger charge is 2.01. The molecule has 2 heteroatoms. The minimum atomic E-state index is 0.417. The van der Waals surface area contributed by atoms with Gasteiger partial charge in [-0.3, -0.25) is 0 Å². The first-order valence-corrected chi connectivity index (χ1v) is 4.15. The molecule has 0 aliphatic carbocycles. The summed E-state index contributed by atoms with van der Waals surface area (Å²) in [5.74, 6) is 0.417. The number of phenolic OH excluding ortho intramolecular Hbond substituents is 1. The second kappa shape index (κ2) is 2.78. The zero-order valence-electron chi connectivity index (χ0n) is 5.98. The molecular weight excluding hydrogens is 239 g/mol. The summed E-state index contributed by atoms with van der Waals surface area (Å²) < 4.78 is 0.917. The summed E-state index contributed by atoms with van der Waals surface area (Å²) in [6.07, 6.45) is 0. The Morgan fingerprint density at radius 2 is 1.90 bits per heavy atom. The molecule has 0 heterocycles. The van der Waals surface area contributed by atoms with Gasteiger partial charge in [0, 0.05) is 0 Å². The fourth-order valence-corrected chi connectivity index (χ4v) is 1.35. The van der Waals surface area contributed by atoms with Crippen LogP contribution < -0.4 is 0 Å². The normalized spacial score (nSPS) is 9.90. The van der Waals surface area contributed by atoms with Crippen LogP contribution in [-0.2, 0) is 0 Å². The Bertz CT molecular complexity index is 229. The van der Waals surface area contributed by atoms with Crippen LogP contribution in [-0.4, -0.2) is 5.11 Å². The van der Waals surface area contributed by atoms with Crippen LogP contribution in [0.3, 0.4) is 0 Å². The fraction of sp³-hybridized carbons (Fsp3) is 0.250. The standard InChI is InChI=1S/C8H9IO/c1-5-3-4-7(9)8(10)6(5)2/h3-4,10H,1-2H3. The summed E-state index contributed by atoms with van der Waals surface area (Å²) in [5, 5.41) is 9.38. The predicted molar refractivity (Wildman–Crippen MR) is 50.3 cm³/mol. The van der Waals surface area contributed by atoms with E-state index in [1.54, 1.807) is 0 Å². The van der Waals surface area contributed by atoms with Crippen LogP contribution in [0.4, 0.5) is 0 Å². The highest BCUT2D eigenvalue weighted by atomic mass is 127. The number of hydrogen-bond donors (Lipinski definition) is 1. The summed E-state index contributed by atoms with van der Waals surface area (Å²) in [5.41, 5.74) is 2.12. The minimum absolute atomic E-state index is 0.417. The van der Waals surface area contributed by atoms with E-state index in [9.17, 15) is 5.11 Å². The molecule has 0 saturated carbocycles. The van der Waals surface area contributed by atoms with Crippen molar-refractivity contribution in [2.45, 2.75) is 13.8 Å². The lowest BCUT2D eigenvalue weighted by molar-refractivity contribution is 0.466. The zero-order valence-corrected chi connectivity index (χ0v) is 8.14. The molecule has 1 aromatic rings. The first kappa shape index (κ1) is 7.85. The molecule has 0 radical (unpaired) electrons. The SMILES string of the molecule is Cc1ccc(I)c(O)c1C. The van der Waals surface area contributed by atoms with Gasteiger partial charge >= 0.3 is 0 Å². The molecule has 0 bridgehead atoms. The number of aryl methyl sites for hydroxylation is 1. The highest BCUT2D eigenvalue weighted by Crippen LogP contribution is 2.25. The van der Waals surface area contributed by atoms with Gasteiger partial charge in [0.1, 0.15) is 5.75 Å². The lowest BCUT2D eigenvalue weighted by Crippen LogP contribution is -1.83. The lowest BCUT2D eigenvalue weighted by Gasteiger charge is -2.03. The Morgan fingerprint density at radius 1 is 1.30 bits per heavy atom. The summed E-state index contributed by atoms with van der Waals surface area (Å²) in [7, 11) is 0. The Labute approximate surface area is 74.2 Å². The maximum atomic E-state index is 9.38. The van der Waals surface area contributed by atoms with Gasteiger partial charge in [-0.25, -0.2) is 0 Å². The second-order valence-electron chi connectivity index (χ2n) is 2.34. The molecule has 0 amide bonds. The van der Waals surface area contributed by atoms with Gasteiger partial charge < -0.3 is 5.11 Å². The number of benzene rings is 1. The van der Waals surface area contributed by atoms with Crippen molar-refractivity contribution in [1.29, 1.82) is 0 Å². The lowest BCUT2D eigenvalue weighted by atomic mass is 10.1. The zero-order chi connectivity index (χ0) is 7.72. The molecule has 1 N–H and O–H groups in total. The van der Waals surface area contributed by atoms with Crippen LogP contribution in [0.2, 0.25) is 0 Å². The average molecular weight is 248 g/mol. The van der Waals surface area contributed by atoms with Crippen molar-refractivity contribution in [3.63, 3.8) is 0 Å². The minimum Gasteiger partial charge on any atom is -0.507 e. The van der Waals surface area contributed by atoms with E-state index in [0.29, 0.717) is 5.75 Å². The van der Waals surface area contributed by atoms with Crippen LogP contribution in [0.1, 0.15) is 11.1 Å². The number of hydrogen-bond acceptors (Lipinski definition) is 1. The highest BCUT2D eigenvalue weighted by molar-refractivity contribution is 14.1. The summed E-state index contributed by atoms with van der Waals surface area (Å²) in [4.78, 5) is 0. The molecule has 1 nitrogen and oxygen atoms in total. The molecule has 54 valence electrons. The van der Waals surface area contributed by atoms with Gasteiger partial charge in [-0.15, -0.1) is 0 Å². The molecule has 1 rings (SSSR count). The Morgan fingerprint density at radius 3 is 2.40 bits per heavy atom. The van der Waals surface area contributed by atoms with Crippen molar-refractivity contribution >= 4 is 22.6 Å². The summed E-state index contributed by atoms with van der Waals surface area (Å²) in [6, 6.07) is 3.93. The van der Waals surface area contributed by atoms with Gasteiger partial charge in [0.2, 0.25) is 0 Å². The first-order chi connectivity index (χ1) is 4.63. The molecule has 0 saturated heterocycles. The molecule has 0 aliphatic rings. The Kier molecular flexibility index (Phi) is 2.18. The van der Waals surface area contributed by atoms with Crippen molar-refractivity contribution in [1.82, 2.24) is 0 Å². The molecule has 0 fully saturated rings. The summed E-state index contributed by atoms with van der Waals surface area (Å²) >= 11 is 2.12. The summed E-state index contributed by atoms with van der Waals surface area (Å²) in [6.45, 7) is 3.91. The van der Waals surface area contributed by atoms with Gasteiger partial charge in [0.15, 0.2) is 0 Å². The molecule has 0 atom stereocenters. The molecule has 1 aromatic carbocycles. The van der Waals surface area contributed by atoms with Gasteiger partial charge in [-0.05, 0) is 53.6 Å². The predicted octanol–water partition coefficient (Wildman–Crippen LogP) is 2.61. The van der Waals surface area contributed by atoms with Crippen LogP contribution >= 0.6 is 22.6 Å². The van der Waals surface area contributed by atoms with Crippen molar-refractivity contribution in [2.75, 3.05) is 0 Å². The molecule has 10 heavy (non-hydrogen) atoms. The third-order valence-corrected chi connectivity index (χ3v) is 2.52. The Hall–Kier alpha value is -0.250. The Balaban J connectivity index is 3.34.